The third kappa shape index (κ3) is 2.22. The molecule has 1 radical (unpaired) electrons. The van der Waals surface area contributed by atoms with Gasteiger partial charge in [0, 0.05) is 17.3 Å². The second-order valence-electron chi connectivity index (χ2n) is 2.26. The van der Waals surface area contributed by atoms with Crippen LogP contribution in [0.25, 0.3) is 0 Å². The van der Waals surface area contributed by atoms with Crippen molar-refractivity contribution < 1.29 is 8.42 Å². The fraction of sp³-hybridized carbons (Fsp3) is 0.286. The third-order valence-electron chi connectivity index (χ3n) is 1.28. The van der Waals surface area contributed by atoms with Crippen LogP contribution in [0.15, 0.2) is 22.1 Å². The number of rotatable bonds is 2. The summed E-state index contributed by atoms with van der Waals surface area (Å²) < 4.78 is 22.0. The van der Waals surface area contributed by atoms with Gasteiger partial charge in [0.1, 0.15) is 6.20 Å². The zero-order valence-electron chi connectivity index (χ0n) is 6.73. The average molecular weight is 202 g/mol. The Hall–Kier alpha value is -0.550. The molecule has 0 saturated heterocycles. The fourth-order valence-corrected chi connectivity index (χ4v) is 1.69. The van der Waals surface area contributed by atoms with E-state index in [2.05, 4.69) is 11.2 Å². The summed E-state index contributed by atoms with van der Waals surface area (Å²) in [6, 6.07) is 1.56. The minimum atomic E-state index is -3.17. The van der Waals surface area contributed by atoms with Crippen molar-refractivity contribution >= 4 is 21.6 Å². The van der Waals surface area contributed by atoms with Crippen LogP contribution < -0.4 is 0 Å². The van der Waals surface area contributed by atoms with Gasteiger partial charge < -0.3 is 0 Å². The molecule has 0 aromatic carbocycles. The first-order valence-corrected chi connectivity index (χ1v) is 6.27. The van der Waals surface area contributed by atoms with Crippen LogP contribution >= 0.6 is 11.8 Å². The van der Waals surface area contributed by atoms with Gasteiger partial charge in [-0.25, -0.2) is 8.42 Å². The van der Waals surface area contributed by atoms with Gasteiger partial charge in [0.05, 0.1) is 4.90 Å². The monoisotopic (exact) mass is 202 g/mol. The van der Waals surface area contributed by atoms with E-state index in [9.17, 15) is 8.42 Å². The Balaban J connectivity index is 3.20. The van der Waals surface area contributed by atoms with Crippen molar-refractivity contribution in [2.75, 3.05) is 12.5 Å². The molecule has 1 aromatic heterocycles. The van der Waals surface area contributed by atoms with Crippen LogP contribution in [-0.2, 0) is 9.84 Å². The number of aromatic nitrogens is 1. The molecule has 0 unspecified atom stereocenters. The molecule has 0 atom stereocenters. The SMILES string of the molecule is CSc1cn[c]c(S(C)(=O)=O)c1. The van der Waals surface area contributed by atoms with Crippen molar-refractivity contribution in [3.8, 4) is 0 Å². The molecule has 0 spiro atoms. The van der Waals surface area contributed by atoms with Gasteiger partial charge in [0.2, 0.25) is 0 Å². The van der Waals surface area contributed by atoms with Crippen molar-refractivity contribution in [2.24, 2.45) is 0 Å². The van der Waals surface area contributed by atoms with Crippen LogP contribution in [0, 0.1) is 6.20 Å². The van der Waals surface area contributed by atoms with Crippen molar-refractivity contribution in [1.82, 2.24) is 4.98 Å². The lowest BCUT2D eigenvalue weighted by Crippen LogP contribution is -1.97. The third-order valence-corrected chi connectivity index (χ3v) is 2.98. The zero-order valence-corrected chi connectivity index (χ0v) is 8.37. The summed E-state index contributed by atoms with van der Waals surface area (Å²) in [5, 5.41) is 0. The Bertz CT molecular complexity index is 373. The number of hydrogen-bond donors (Lipinski definition) is 0. The number of sulfone groups is 1. The molecule has 0 amide bonds. The molecule has 1 aromatic rings. The lowest BCUT2D eigenvalue weighted by atomic mass is 10.5. The van der Waals surface area contributed by atoms with E-state index in [1.165, 1.54) is 11.8 Å². The molecule has 0 saturated carbocycles. The van der Waals surface area contributed by atoms with Gasteiger partial charge in [-0.2, -0.15) is 0 Å². The molecule has 12 heavy (non-hydrogen) atoms. The van der Waals surface area contributed by atoms with E-state index in [-0.39, 0.29) is 4.90 Å². The number of hydrogen-bond acceptors (Lipinski definition) is 4. The smallest absolute Gasteiger partial charge is 0.177 e. The molecule has 5 heteroatoms. The Morgan fingerprint density at radius 1 is 1.58 bits per heavy atom. The van der Waals surface area contributed by atoms with E-state index in [1.807, 2.05) is 6.26 Å². The van der Waals surface area contributed by atoms with Crippen molar-refractivity contribution in [2.45, 2.75) is 9.79 Å². The summed E-state index contributed by atoms with van der Waals surface area (Å²) in [5.41, 5.74) is 0. The molecule has 1 rings (SSSR count). The quantitative estimate of drug-likeness (QED) is 0.671. The molecule has 65 valence electrons. The Kier molecular flexibility index (Phi) is 2.74. The highest BCUT2D eigenvalue weighted by atomic mass is 32.2. The van der Waals surface area contributed by atoms with Gasteiger partial charge in [0.25, 0.3) is 0 Å². The topological polar surface area (TPSA) is 47.0 Å². The first-order chi connectivity index (χ1) is 5.54. The van der Waals surface area contributed by atoms with E-state index in [0.717, 1.165) is 11.2 Å². The Morgan fingerprint density at radius 2 is 2.25 bits per heavy atom. The predicted octanol–water partition coefficient (Wildman–Crippen LogP) is 1.01. The fourth-order valence-electron chi connectivity index (χ4n) is 0.660. The maximum atomic E-state index is 11.0. The zero-order chi connectivity index (χ0) is 9.19. The summed E-state index contributed by atoms with van der Waals surface area (Å²) >= 11 is 1.45. The molecule has 3 nitrogen and oxygen atoms in total. The highest BCUT2D eigenvalue weighted by Crippen LogP contribution is 2.16. The average Bonchev–Trinajstić information content (AvgIpc) is 2.03. The molecule has 0 N–H and O–H groups in total. The van der Waals surface area contributed by atoms with E-state index >= 15 is 0 Å². The summed E-state index contributed by atoms with van der Waals surface area (Å²) in [6.45, 7) is 0. The number of pyridine rings is 1. The summed E-state index contributed by atoms with van der Waals surface area (Å²) in [4.78, 5) is 4.67. The van der Waals surface area contributed by atoms with Crippen LogP contribution in [0.5, 0.6) is 0 Å². The molecule has 0 fully saturated rings. The molecule has 0 aliphatic rings. The maximum Gasteiger partial charge on any atom is 0.177 e. The predicted molar refractivity (Wildman–Crippen MR) is 48.0 cm³/mol. The van der Waals surface area contributed by atoms with Gasteiger partial charge in [-0.3, -0.25) is 4.98 Å². The molecular formula is C7H8NO2S2. The Labute approximate surface area is 76.1 Å². The van der Waals surface area contributed by atoms with Gasteiger partial charge >= 0.3 is 0 Å². The van der Waals surface area contributed by atoms with Crippen molar-refractivity contribution in [3.63, 3.8) is 0 Å². The lowest BCUT2D eigenvalue weighted by Gasteiger charge is -1.98. The summed E-state index contributed by atoms with van der Waals surface area (Å²) in [6.07, 6.45) is 7.02. The molecular weight excluding hydrogens is 194 g/mol. The summed E-state index contributed by atoms with van der Waals surface area (Å²) in [7, 11) is -3.17. The molecule has 0 aliphatic carbocycles. The standard InChI is InChI=1S/C7H8NO2S2/c1-11-6-3-7(5-8-4-6)12(2,9)10/h3-4H,1-2H3. The highest BCUT2D eigenvalue weighted by molar-refractivity contribution is 7.98. The van der Waals surface area contributed by atoms with Crippen LogP contribution in [0.2, 0.25) is 0 Å². The van der Waals surface area contributed by atoms with Crippen LogP contribution in [0.4, 0.5) is 0 Å². The minimum absolute atomic E-state index is 0.148. The van der Waals surface area contributed by atoms with Gasteiger partial charge in [-0.15, -0.1) is 11.8 Å². The number of thioether (sulfide) groups is 1. The van der Waals surface area contributed by atoms with E-state index in [0.29, 0.717) is 0 Å². The van der Waals surface area contributed by atoms with Crippen LogP contribution in [0.1, 0.15) is 0 Å². The largest absolute Gasteiger partial charge is 0.252 e. The van der Waals surface area contributed by atoms with E-state index < -0.39 is 9.84 Å². The molecule has 1 heterocycles. The number of nitrogens with zero attached hydrogens (tertiary/aromatic N) is 1. The summed E-state index contributed by atoms with van der Waals surface area (Å²) in [5.74, 6) is 0. The van der Waals surface area contributed by atoms with Gasteiger partial charge in [0.15, 0.2) is 9.84 Å². The lowest BCUT2D eigenvalue weighted by molar-refractivity contribution is 0.601. The van der Waals surface area contributed by atoms with Crippen LogP contribution in [-0.4, -0.2) is 25.9 Å². The first-order valence-electron chi connectivity index (χ1n) is 3.16. The minimum Gasteiger partial charge on any atom is -0.252 e. The Morgan fingerprint density at radius 3 is 2.75 bits per heavy atom. The normalized spacial score (nSPS) is 11.5. The van der Waals surface area contributed by atoms with Gasteiger partial charge in [-0.1, -0.05) is 0 Å². The maximum absolute atomic E-state index is 11.0. The van der Waals surface area contributed by atoms with Crippen LogP contribution in [0.3, 0.4) is 0 Å². The van der Waals surface area contributed by atoms with E-state index in [4.69, 9.17) is 0 Å². The van der Waals surface area contributed by atoms with Crippen molar-refractivity contribution in [3.05, 3.63) is 18.5 Å². The van der Waals surface area contributed by atoms with Crippen molar-refractivity contribution in [1.29, 1.82) is 0 Å². The molecule has 0 bridgehead atoms. The first kappa shape index (κ1) is 9.54. The molecule has 0 aliphatic heterocycles. The van der Waals surface area contributed by atoms with E-state index in [1.54, 1.807) is 12.3 Å². The second kappa shape index (κ2) is 3.45. The highest BCUT2D eigenvalue weighted by Gasteiger charge is 2.07. The van der Waals surface area contributed by atoms with Gasteiger partial charge in [-0.05, 0) is 12.3 Å². The second-order valence-corrected chi connectivity index (χ2v) is 5.12.